The first-order chi connectivity index (χ1) is 9.20. The number of nitrogens with two attached hydrogens (primary N) is 1. The van der Waals surface area contributed by atoms with Crippen LogP contribution < -0.4 is 11.2 Å². The number of aryl methyl sites for hydroxylation is 1. The van der Waals surface area contributed by atoms with Gasteiger partial charge in [0, 0.05) is 12.4 Å². The first-order valence-corrected chi connectivity index (χ1v) is 6.51. The highest BCUT2D eigenvalue weighted by atomic mass is 32.1. The first kappa shape index (κ1) is 13.2. The third-order valence-corrected chi connectivity index (χ3v) is 3.27. The summed E-state index contributed by atoms with van der Waals surface area (Å²) in [5, 5.41) is 4.28. The number of nitrogens with zero attached hydrogens (tertiary/aromatic N) is 3. The molecule has 19 heavy (non-hydrogen) atoms. The van der Waals surface area contributed by atoms with Crippen LogP contribution in [0, 0.1) is 0 Å². The van der Waals surface area contributed by atoms with E-state index < -0.39 is 0 Å². The number of nitrogen functional groups attached to an aromatic ring is 1. The Hall–Kier alpha value is -2.28. The fraction of sp³-hybridized carbons (Fsp3) is 0.167. The van der Waals surface area contributed by atoms with E-state index in [1.165, 1.54) is 0 Å². The van der Waals surface area contributed by atoms with Gasteiger partial charge in [-0.2, -0.15) is 5.10 Å². The molecule has 2 heterocycles. The lowest BCUT2D eigenvalue weighted by molar-refractivity contribution is 0.0958. The Morgan fingerprint density at radius 2 is 2.26 bits per heavy atom. The van der Waals surface area contributed by atoms with E-state index in [4.69, 9.17) is 5.73 Å². The molecule has 0 aliphatic rings. The minimum atomic E-state index is -0.295. The normalized spacial score (nSPS) is 10.8. The van der Waals surface area contributed by atoms with Crippen LogP contribution in [0.1, 0.15) is 27.9 Å². The van der Waals surface area contributed by atoms with Crippen LogP contribution in [-0.2, 0) is 6.42 Å². The fourth-order valence-corrected chi connectivity index (χ4v) is 2.26. The number of nitrogens with one attached hydrogen (secondary N) is 1. The van der Waals surface area contributed by atoms with Crippen molar-refractivity contribution in [3.8, 4) is 0 Å². The fourth-order valence-electron chi connectivity index (χ4n) is 1.45. The van der Waals surface area contributed by atoms with E-state index in [-0.39, 0.29) is 5.91 Å². The van der Waals surface area contributed by atoms with Crippen molar-refractivity contribution in [1.29, 1.82) is 0 Å². The van der Waals surface area contributed by atoms with Gasteiger partial charge < -0.3 is 5.73 Å². The number of aromatic nitrogens is 2. The molecule has 2 aromatic heterocycles. The Bertz CT molecular complexity index is 593. The second-order valence-corrected chi connectivity index (χ2v) is 4.69. The van der Waals surface area contributed by atoms with Crippen molar-refractivity contribution in [1.82, 2.24) is 15.4 Å². The molecule has 1 amide bonds. The zero-order valence-electron chi connectivity index (χ0n) is 10.3. The molecule has 0 aliphatic heterocycles. The van der Waals surface area contributed by atoms with Crippen LogP contribution in [0.25, 0.3) is 0 Å². The number of carbonyl (C=O) groups excluding carboxylic acids is 1. The topological polar surface area (TPSA) is 93.3 Å². The molecule has 0 saturated carbocycles. The quantitative estimate of drug-likeness (QED) is 0.652. The van der Waals surface area contributed by atoms with Gasteiger partial charge in [-0.3, -0.25) is 9.78 Å². The Morgan fingerprint density at radius 1 is 1.53 bits per heavy atom. The zero-order valence-corrected chi connectivity index (χ0v) is 11.1. The van der Waals surface area contributed by atoms with E-state index in [1.807, 2.05) is 6.92 Å². The summed E-state index contributed by atoms with van der Waals surface area (Å²) < 4.78 is 0. The summed E-state index contributed by atoms with van der Waals surface area (Å²) in [6, 6.07) is 3.58. The molecular weight excluding hydrogens is 262 g/mol. The molecule has 0 saturated heterocycles. The number of anilines is 1. The van der Waals surface area contributed by atoms with Gasteiger partial charge in [0.1, 0.15) is 4.88 Å². The van der Waals surface area contributed by atoms with Crippen LogP contribution in [0.3, 0.4) is 0 Å². The maximum Gasteiger partial charge on any atom is 0.283 e. The van der Waals surface area contributed by atoms with E-state index in [1.54, 1.807) is 30.7 Å². The van der Waals surface area contributed by atoms with Crippen molar-refractivity contribution in [3.05, 3.63) is 40.7 Å². The van der Waals surface area contributed by atoms with Crippen LogP contribution in [0.15, 0.2) is 29.6 Å². The predicted octanol–water partition coefficient (Wildman–Crippen LogP) is 1.45. The molecule has 0 unspecified atom stereocenters. The molecule has 3 N–H and O–H groups in total. The average Bonchev–Trinajstić information content (AvgIpc) is 2.81. The highest BCUT2D eigenvalue weighted by Gasteiger charge is 2.15. The minimum absolute atomic E-state index is 0.295. The Morgan fingerprint density at radius 3 is 2.95 bits per heavy atom. The van der Waals surface area contributed by atoms with E-state index in [0.29, 0.717) is 22.1 Å². The van der Waals surface area contributed by atoms with Gasteiger partial charge in [0.2, 0.25) is 0 Å². The SMILES string of the molecule is CCc1nc(N)sc1C(=O)N/N=C\c1ccncc1. The third kappa shape index (κ3) is 3.35. The molecule has 7 heteroatoms. The lowest BCUT2D eigenvalue weighted by Gasteiger charge is -1.98. The molecule has 2 aromatic rings. The minimum Gasteiger partial charge on any atom is -0.375 e. The van der Waals surface area contributed by atoms with Gasteiger partial charge in [-0.1, -0.05) is 18.3 Å². The van der Waals surface area contributed by atoms with Gasteiger partial charge in [-0.05, 0) is 24.1 Å². The van der Waals surface area contributed by atoms with Crippen LogP contribution in [0.2, 0.25) is 0 Å². The first-order valence-electron chi connectivity index (χ1n) is 5.69. The summed E-state index contributed by atoms with van der Waals surface area (Å²) in [6.07, 6.45) is 5.52. The van der Waals surface area contributed by atoms with Crippen molar-refractivity contribution in [2.24, 2.45) is 5.10 Å². The van der Waals surface area contributed by atoms with Gasteiger partial charge >= 0.3 is 0 Å². The predicted molar refractivity (Wildman–Crippen MR) is 75.2 cm³/mol. The number of hydrogen-bond acceptors (Lipinski definition) is 6. The number of pyridine rings is 1. The number of rotatable bonds is 4. The maximum absolute atomic E-state index is 11.9. The summed E-state index contributed by atoms with van der Waals surface area (Å²) in [5.41, 5.74) is 9.60. The third-order valence-electron chi connectivity index (χ3n) is 2.34. The summed E-state index contributed by atoms with van der Waals surface area (Å²) in [6.45, 7) is 1.92. The van der Waals surface area contributed by atoms with Gasteiger partial charge in [-0.15, -0.1) is 0 Å². The van der Waals surface area contributed by atoms with E-state index in [0.717, 1.165) is 16.9 Å². The molecule has 0 spiro atoms. The standard InChI is InChI=1S/C12H13N5OS/c1-2-9-10(19-12(13)16-9)11(18)17-15-7-8-3-5-14-6-4-8/h3-7H,2H2,1H3,(H2,13,16)(H,17,18)/b15-7-. The summed E-state index contributed by atoms with van der Waals surface area (Å²) in [4.78, 5) is 20.4. The van der Waals surface area contributed by atoms with Crippen molar-refractivity contribution in [3.63, 3.8) is 0 Å². The molecule has 0 aliphatic carbocycles. The van der Waals surface area contributed by atoms with Gasteiger partial charge in [0.15, 0.2) is 5.13 Å². The molecule has 0 bridgehead atoms. The molecule has 2 rings (SSSR count). The highest BCUT2D eigenvalue weighted by Crippen LogP contribution is 2.20. The van der Waals surface area contributed by atoms with Crippen LogP contribution >= 0.6 is 11.3 Å². The van der Waals surface area contributed by atoms with Crippen molar-refractivity contribution < 1.29 is 4.79 Å². The lowest BCUT2D eigenvalue weighted by atomic mass is 10.3. The van der Waals surface area contributed by atoms with Gasteiger partial charge in [-0.25, -0.2) is 10.4 Å². The van der Waals surface area contributed by atoms with Crippen molar-refractivity contribution in [2.45, 2.75) is 13.3 Å². The van der Waals surface area contributed by atoms with Crippen LogP contribution in [0.5, 0.6) is 0 Å². The molecule has 0 aromatic carbocycles. The molecule has 98 valence electrons. The monoisotopic (exact) mass is 275 g/mol. The average molecular weight is 275 g/mol. The molecule has 0 radical (unpaired) electrons. The van der Waals surface area contributed by atoms with Gasteiger partial charge in [0.05, 0.1) is 11.9 Å². The Kier molecular flexibility index (Phi) is 4.19. The second kappa shape index (κ2) is 6.05. The number of carbonyl (C=O) groups is 1. The van der Waals surface area contributed by atoms with Gasteiger partial charge in [0.25, 0.3) is 5.91 Å². The molecule has 6 nitrogen and oxygen atoms in total. The zero-order chi connectivity index (χ0) is 13.7. The van der Waals surface area contributed by atoms with E-state index in [9.17, 15) is 4.79 Å². The van der Waals surface area contributed by atoms with Crippen LogP contribution in [-0.4, -0.2) is 22.1 Å². The molecule has 0 atom stereocenters. The summed E-state index contributed by atoms with van der Waals surface area (Å²) in [7, 11) is 0. The number of hydrazone groups is 1. The van der Waals surface area contributed by atoms with E-state index >= 15 is 0 Å². The Balaban J connectivity index is 2.03. The van der Waals surface area contributed by atoms with E-state index in [2.05, 4.69) is 20.5 Å². The molecular formula is C12H13N5OS. The second-order valence-electron chi connectivity index (χ2n) is 3.66. The maximum atomic E-state index is 11.9. The largest absolute Gasteiger partial charge is 0.375 e. The molecule has 0 fully saturated rings. The Labute approximate surface area is 114 Å². The highest BCUT2D eigenvalue weighted by molar-refractivity contribution is 7.17. The smallest absolute Gasteiger partial charge is 0.283 e. The van der Waals surface area contributed by atoms with Crippen LogP contribution in [0.4, 0.5) is 5.13 Å². The number of hydrogen-bond donors (Lipinski definition) is 2. The summed E-state index contributed by atoms with van der Waals surface area (Å²) in [5.74, 6) is -0.295. The number of thiazole rings is 1. The summed E-state index contributed by atoms with van der Waals surface area (Å²) >= 11 is 1.16. The van der Waals surface area contributed by atoms with Crippen molar-refractivity contribution >= 4 is 28.6 Å². The number of amides is 1. The lowest BCUT2D eigenvalue weighted by Crippen LogP contribution is -2.17. The van der Waals surface area contributed by atoms with Crippen molar-refractivity contribution in [2.75, 3.05) is 5.73 Å².